The van der Waals surface area contributed by atoms with Crippen LogP contribution in [-0.2, 0) is 11.3 Å². The summed E-state index contributed by atoms with van der Waals surface area (Å²) in [5.74, 6) is -0.706. The molecule has 1 heterocycles. The second-order valence-electron chi connectivity index (χ2n) is 5.45. The predicted molar refractivity (Wildman–Crippen MR) is 77.1 cm³/mol. The number of benzene rings is 1. The topological polar surface area (TPSA) is 60.8 Å². The molecule has 1 aliphatic heterocycles. The van der Waals surface area contributed by atoms with Crippen molar-refractivity contribution in [2.24, 2.45) is 0 Å². The maximum absolute atomic E-state index is 10.4. The average molecular weight is 277 g/mol. The summed E-state index contributed by atoms with van der Waals surface area (Å²) in [7, 11) is 0. The first-order valence-electron chi connectivity index (χ1n) is 7.40. The van der Waals surface area contributed by atoms with E-state index in [9.17, 15) is 9.90 Å². The van der Waals surface area contributed by atoms with Crippen LogP contribution < -0.4 is 0 Å². The summed E-state index contributed by atoms with van der Waals surface area (Å²) in [5, 5.41) is 18.7. The zero-order valence-corrected chi connectivity index (χ0v) is 11.8. The molecule has 0 radical (unpaired) electrons. The first-order chi connectivity index (χ1) is 9.68. The highest BCUT2D eigenvalue weighted by molar-refractivity contribution is 5.66. The number of unbranched alkanes of at least 4 members (excludes halogenated alkanes) is 4. The Morgan fingerprint density at radius 3 is 2.60 bits per heavy atom. The van der Waals surface area contributed by atoms with Gasteiger partial charge in [-0.1, -0.05) is 43.5 Å². The van der Waals surface area contributed by atoms with Crippen molar-refractivity contribution in [1.29, 1.82) is 0 Å². The van der Waals surface area contributed by atoms with Crippen LogP contribution in [0.25, 0.3) is 0 Å². The predicted octanol–water partition coefficient (Wildman–Crippen LogP) is 2.92. The van der Waals surface area contributed by atoms with E-state index >= 15 is 0 Å². The van der Waals surface area contributed by atoms with Crippen LogP contribution in [0.3, 0.4) is 0 Å². The minimum atomic E-state index is -0.706. The molecule has 4 heteroatoms. The van der Waals surface area contributed by atoms with Crippen LogP contribution in [0, 0.1) is 0 Å². The van der Waals surface area contributed by atoms with E-state index in [1.807, 2.05) is 18.2 Å². The summed E-state index contributed by atoms with van der Waals surface area (Å²) in [6.45, 7) is 1.73. The quantitative estimate of drug-likeness (QED) is 0.717. The van der Waals surface area contributed by atoms with Gasteiger partial charge in [-0.2, -0.15) is 0 Å². The number of aliphatic hydroxyl groups excluding tert-OH is 1. The lowest BCUT2D eigenvalue weighted by Crippen LogP contribution is -2.22. The van der Waals surface area contributed by atoms with E-state index in [0.717, 1.165) is 50.8 Å². The Hall–Kier alpha value is -1.39. The molecule has 0 bridgehead atoms. The van der Waals surface area contributed by atoms with Crippen LogP contribution in [-0.4, -0.2) is 27.6 Å². The van der Waals surface area contributed by atoms with Crippen molar-refractivity contribution in [1.82, 2.24) is 4.90 Å². The summed E-state index contributed by atoms with van der Waals surface area (Å²) in [6.07, 6.45) is 4.79. The lowest BCUT2D eigenvalue weighted by atomic mass is 10.1. The molecule has 2 N–H and O–H groups in total. The van der Waals surface area contributed by atoms with E-state index in [4.69, 9.17) is 5.11 Å². The maximum Gasteiger partial charge on any atom is 0.303 e. The van der Waals surface area contributed by atoms with Crippen LogP contribution in [0.4, 0.5) is 0 Å². The van der Waals surface area contributed by atoms with E-state index in [0.29, 0.717) is 0 Å². The van der Waals surface area contributed by atoms with Gasteiger partial charge in [-0.25, -0.2) is 0 Å². The molecular formula is C16H23NO3. The van der Waals surface area contributed by atoms with Gasteiger partial charge >= 0.3 is 5.97 Å². The summed E-state index contributed by atoms with van der Waals surface area (Å²) >= 11 is 0. The highest BCUT2D eigenvalue weighted by Crippen LogP contribution is 2.31. The third kappa shape index (κ3) is 4.05. The molecule has 1 unspecified atom stereocenters. The third-order valence-electron chi connectivity index (χ3n) is 3.89. The van der Waals surface area contributed by atoms with E-state index < -0.39 is 12.2 Å². The van der Waals surface area contributed by atoms with Crippen molar-refractivity contribution in [3.8, 4) is 0 Å². The minimum Gasteiger partial charge on any atom is -0.481 e. The van der Waals surface area contributed by atoms with Gasteiger partial charge in [0, 0.05) is 19.5 Å². The lowest BCUT2D eigenvalue weighted by molar-refractivity contribution is -0.137. The van der Waals surface area contributed by atoms with Crippen LogP contribution in [0.1, 0.15) is 55.9 Å². The van der Waals surface area contributed by atoms with E-state index in [2.05, 4.69) is 11.0 Å². The molecule has 0 amide bonds. The van der Waals surface area contributed by atoms with Gasteiger partial charge in [-0.3, -0.25) is 9.69 Å². The van der Waals surface area contributed by atoms with E-state index in [1.54, 1.807) is 0 Å². The Labute approximate surface area is 120 Å². The van der Waals surface area contributed by atoms with Gasteiger partial charge in [0.05, 0.1) is 0 Å². The summed E-state index contributed by atoms with van der Waals surface area (Å²) in [4.78, 5) is 12.5. The molecule has 0 saturated heterocycles. The molecule has 2 rings (SSSR count). The molecule has 20 heavy (non-hydrogen) atoms. The number of hydrogen-bond donors (Lipinski definition) is 2. The number of carboxylic acids is 1. The number of carboxylic acid groups (broad SMARTS) is 1. The number of fused-ring (bicyclic) bond motifs is 1. The molecule has 1 aromatic carbocycles. The molecule has 1 aliphatic rings. The van der Waals surface area contributed by atoms with Crippen molar-refractivity contribution < 1.29 is 15.0 Å². The standard InChI is InChI=1S/C16H23NO3/c18-15(19)10-4-2-1-3-7-11-17-12-13-8-5-6-9-14(13)16(17)20/h5-6,8-9,16,20H,1-4,7,10-12H2,(H,18,19). The first kappa shape index (κ1) is 15.0. The summed E-state index contributed by atoms with van der Waals surface area (Å²) < 4.78 is 0. The van der Waals surface area contributed by atoms with Crippen LogP contribution in [0.2, 0.25) is 0 Å². The van der Waals surface area contributed by atoms with Crippen LogP contribution in [0.5, 0.6) is 0 Å². The normalized spacial score (nSPS) is 18.1. The minimum absolute atomic E-state index is 0.278. The highest BCUT2D eigenvalue weighted by atomic mass is 16.4. The Morgan fingerprint density at radius 1 is 1.15 bits per heavy atom. The fourth-order valence-corrected chi connectivity index (χ4v) is 2.75. The van der Waals surface area contributed by atoms with Crippen molar-refractivity contribution in [2.45, 2.75) is 51.3 Å². The Bertz CT molecular complexity index is 447. The molecule has 0 aliphatic carbocycles. The monoisotopic (exact) mass is 277 g/mol. The maximum atomic E-state index is 10.4. The number of aliphatic hydroxyl groups is 1. The van der Waals surface area contributed by atoms with Crippen molar-refractivity contribution in [3.63, 3.8) is 0 Å². The molecule has 4 nitrogen and oxygen atoms in total. The van der Waals surface area contributed by atoms with Crippen molar-refractivity contribution >= 4 is 5.97 Å². The molecule has 110 valence electrons. The number of hydrogen-bond acceptors (Lipinski definition) is 3. The van der Waals surface area contributed by atoms with Gasteiger partial charge in [-0.05, 0) is 24.0 Å². The van der Waals surface area contributed by atoms with Crippen molar-refractivity contribution in [3.05, 3.63) is 35.4 Å². The molecule has 0 spiro atoms. The van der Waals surface area contributed by atoms with Gasteiger partial charge in [-0.15, -0.1) is 0 Å². The fraction of sp³-hybridized carbons (Fsp3) is 0.562. The Kier molecular flexibility index (Phi) is 5.56. The van der Waals surface area contributed by atoms with Crippen molar-refractivity contribution in [2.75, 3.05) is 6.54 Å². The second kappa shape index (κ2) is 7.41. The largest absolute Gasteiger partial charge is 0.481 e. The third-order valence-corrected chi connectivity index (χ3v) is 3.89. The molecule has 1 atom stereocenters. The zero-order chi connectivity index (χ0) is 14.4. The number of carbonyl (C=O) groups is 1. The van der Waals surface area contributed by atoms with Gasteiger partial charge in [0.1, 0.15) is 6.23 Å². The fourth-order valence-electron chi connectivity index (χ4n) is 2.75. The van der Waals surface area contributed by atoms with Crippen LogP contribution >= 0.6 is 0 Å². The highest BCUT2D eigenvalue weighted by Gasteiger charge is 2.26. The zero-order valence-electron chi connectivity index (χ0n) is 11.8. The summed E-state index contributed by atoms with van der Waals surface area (Å²) in [6, 6.07) is 8.04. The SMILES string of the molecule is O=C(O)CCCCCCCN1Cc2ccccc2C1O. The Morgan fingerprint density at radius 2 is 1.85 bits per heavy atom. The number of rotatable bonds is 8. The first-order valence-corrected chi connectivity index (χ1v) is 7.40. The van der Waals surface area contributed by atoms with Gasteiger partial charge in [0.2, 0.25) is 0 Å². The molecule has 0 fully saturated rings. The molecule has 1 aromatic rings. The smallest absolute Gasteiger partial charge is 0.303 e. The molecule has 0 aromatic heterocycles. The second-order valence-corrected chi connectivity index (χ2v) is 5.45. The average Bonchev–Trinajstić information content (AvgIpc) is 2.75. The lowest BCUT2D eigenvalue weighted by Gasteiger charge is -2.20. The number of nitrogens with zero attached hydrogens (tertiary/aromatic N) is 1. The Balaban J connectivity index is 1.61. The van der Waals surface area contributed by atoms with Gasteiger partial charge in [0.15, 0.2) is 0 Å². The molecular weight excluding hydrogens is 254 g/mol. The van der Waals surface area contributed by atoms with Gasteiger partial charge in [0.25, 0.3) is 0 Å². The number of aliphatic carboxylic acids is 1. The van der Waals surface area contributed by atoms with E-state index in [-0.39, 0.29) is 6.42 Å². The van der Waals surface area contributed by atoms with Crippen LogP contribution in [0.15, 0.2) is 24.3 Å². The van der Waals surface area contributed by atoms with E-state index in [1.165, 1.54) is 5.56 Å². The summed E-state index contributed by atoms with van der Waals surface area (Å²) in [5.41, 5.74) is 2.26. The molecule has 0 saturated carbocycles. The van der Waals surface area contributed by atoms with Gasteiger partial charge < -0.3 is 10.2 Å².